The number of carbonyl (C=O) groups is 1. The largest absolute Gasteiger partial charge is 0.495 e. The number of methoxy groups -OCH3 is 1. The minimum atomic E-state index is -4.63. The Morgan fingerprint density at radius 3 is 2.33 bits per heavy atom. The van der Waals surface area contributed by atoms with Gasteiger partial charge in [-0.1, -0.05) is 0 Å². The maximum absolute atomic E-state index is 11.2. The van der Waals surface area contributed by atoms with E-state index in [0.29, 0.717) is 0 Å². The Balaban J connectivity index is 3.57. The molecule has 0 saturated heterocycles. The van der Waals surface area contributed by atoms with E-state index in [9.17, 15) is 18.3 Å². The molecule has 3 N–H and O–H groups in total. The van der Waals surface area contributed by atoms with Crippen LogP contribution >= 0.6 is 0 Å². The van der Waals surface area contributed by atoms with E-state index in [1.54, 1.807) is 0 Å². The van der Waals surface area contributed by atoms with Gasteiger partial charge < -0.3 is 14.9 Å². The van der Waals surface area contributed by atoms with Crippen LogP contribution in [0.3, 0.4) is 0 Å². The number of rotatable bonds is 3. The van der Waals surface area contributed by atoms with Crippen molar-refractivity contribution in [1.82, 2.24) is 0 Å². The molecule has 1 aliphatic carbocycles. The zero-order valence-corrected chi connectivity index (χ0v) is 10.9. The van der Waals surface area contributed by atoms with Gasteiger partial charge in [0.25, 0.3) is 10.1 Å². The van der Waals surface area contributed by atoms with Crippen molar-refractivity contribution in [2.24, 2.45) is 5.92 Å². The second-order valence-electron chi connectivity index (χ2n) is 4.13. The molecule has 102 valence electrons. The molecular formula is C10H14O7S. The van der Waals surface area contributed by atoms with Crippen molar-refractivity contribution in [3.05, 3.63) is 22.3 Å². The van der Waals surface area contributed by atoms with E-state index in [1.165, 1.54) is 13.8 Å². The standard InChI is InChI=1S/C10H14O7S/c1-5-8(17-3)7(18(14,15)16)4-6(9(11)12)10(5,2)13/h4,6,13H,1-3H3,(H,11,12)(H,14,15,16). The summed E-state index contributed by atoms with van der Waals surface area (Å²) in [6, 6.07) is 0. The maximum atomic E-state index is 11.2. The second kappa shape index (κ2) is 4.38. The van der Waals surface area contributed by atoms with Gasteiger partial charge in [0.15, 0.2) is 0 Å². The molecule has 1 aliphatic rings. The van der Waals surface area contributed by atoms with Gasteiger partial charge in [0.05, 0.1) is 7.11 Å². The van der Waals surface area contributed by atoms with Crippen molar-refractivity contribution < 1.29 is 32.7 Å². The summed E-state index contributed by atoms with van der Waals surface area (Å²) in [4.78, 5) is 10.4. The summed E-state index contributed by atoms with van der Waals surface area (Å²) in [6.07, 6.45) is 0.767. The van der Waals surface area contributed by atoms with Gasteiger partial charge in [-0.3, -0.25) is 9.35 Å². The Morgan fingerprint density at radius 1 is 1.50 bits per heavy atom. The highest BCUT2D eigenvalue weighted by molar-refractivity contribution is 7.90. The highest BCUT2D eigenvalue weighted by Gasteiger charge is 2.45. The van der Waals surface area contributed by atoms with Gasteiger partial charge in [0, 0.05) is 5.57 Å². The number of hydrogen-bond acceptors (Lipinski definition) is 5. The van der Waals surface area contributed by atoms with Crippen LogP contribution in [0.1, 0.15) is 13.8 Å². The Labute approximate surface area is 104 Å². The molecule has 0 spiro atoms. The summed E-state index contributed by atoms with van der Waals surface area (Å²) in [7, 11) is -3.47. The van der Waals surface area contributed by atoms with Crippen molar-refractivity contribution in [1.29, 1.82) is 0 Å². The van der Waals surface area contributed by atoms with E-state index in [4.69, 9.17) is 14.4 Å². The van der Waals surface area contributed by atoms with E-state index in [-0.39, 0.29) is 11.3 Å². The average Bonchev–Trinajstić information content (AvgIpc) is 2.19. The molecular weight excluding hydrogens is 264 g/mol. The predicted octanol–water partition coefficient (Wildman–Crippen LogP) is 0.144. The highest BCUT2D eigenvalue weighted by Crippen LogP contribution is 2.39. The van der Waals surface area contributed by atoms with Gasteiger partial charge in [-0.25, -0.2) is 0 Å². The first-order valence-corrected chi connectivity index (χ1v) is 6.37. The van der Waals surface area contributed by atoms with Gasteiger partial charge in [-0.05, 0) is 19.9 Å². The van der Waals surface area contributed by atoms with Crippen LogP contribution in [0.5, 0.6) is 0 Å². The molecule has 0 bridgehead atoms. The predicted molar refractivity (Wildman–Crippen MR) is 61.1 cm³/mol. The molecule has 8 heteroatoms. The third-order valence-electron chi connectivity index (χ3n) is 3.00. The van der Waals surface area contributed by atoms with Gasteiger partial charge in [0.2, 0.25) is 0 Å². The zero-order valence-electron chi connectivity index (χ0n) is 10.0. The minimum Gasteiger partial charge on any atom is -0.495 e. The fraction of sp³-hybridized carbons (Fsp3) is 0.500. The summed E-state index contributed by atoms with van der Waals surface area (Å²) in [5.74, 6) is -3.15. The summed E-state index contributed by atoms with van der Waals surface area (Å²) >= 11 is 0. The van der Waals surface area contributed by atoms with Crippen LogP contribution in [-0.2, 0) is 19.6 Å². The first-order valence-electron chi connectivity index (χ1n) is 4.93. The Kier molecular flexibility index (Phi) is 3.57. The van der Waals surface area contributed by atoms with Crippen molar-refractivity contribution in [3.8, 4) is 0 Å². The number of aliphatic hydroxyl groups is 1. The Bertz CT molecular complexity index is 539. The molecule has 0 aromatic rings. The number of carboxylic acid groups (broad SMARTS) is 1. The van der Waals surface area contributed by atoms with Gasteiger partial charge in [0.1, 0.15) is 22.2 Å². The van der Waals surface area contributed by atoms with Crippen molar-refractivity contribution >= 4 is 16.1 Å². The average molecular weight is 278 g/mol. The quantitative estimate of drug-likeness (QED) is 0.628. The summed E-state index contributed by atoms with van der Waals surface area (Å²) < 4.78 is 36.2. The van der Waals surface area contributed by atoms with Crippen molar-refractivity contribution in [3.63, 3.8) is 0 Å². The molecule has 18 heavy (non-hydrogen) atoms. The third-order valence-corrected chi connectivity index (χ3v) is 3.87. The third kappa shape index (κ3) is 2.26. The van der Waals surface area contributed by atoms with E-state index < -0.39 is 32.5 Å². The molecule has 0 fully saturated rings. The van der Waals surface area contributed by atoms with Gasteiger partial charge in [-0.15, -0.1) is 0 Å². The first kappa shape index (κ1) is 14.7. The SMILES string of the molecule is COC1=C(C)C(C)(O)C(C(=O)O)C=C1S(=O)(=O)O. The van der Waals surface area contributed by atoms with E-state index in [0.717, 1.165) is 13.2 Å². The number of ether oxygens (including phenoxy) is 1. The minimum absolute atomic E-state index is 0.0209. The fourth-order valence-electron chi connectivity index (χ4n) is 1.81. The van der Waals surface area contributed by atoms with Crippen LogP contribution in [0.15, 0.2) is 22.3 Å². The van der Waals surface area contributed by atoms with Crippen LogP contribution in [-0.4, -0.2) is 41.9 Å². The molecule has 2 atom stereocenters. The van der Waals surface area contributed by atoms with Crippen LogP contribution in [0.4, 0.5) is 0 Å². The molecule has 2 unspecified atom stereocenters. The van der Waals surface area contributed by atoms with E-state index in [2.05, 4.69) is 0 Å². The second-order valence-corrected chi connectivity index (χ2v) is 5.52. The normalized spacial score (nSPS) is 28.9. The summed E-state index contributed by atoms with van der Waals surface area (Å²) in [5.41, 5.74) is -1.78. The lowest BCUT2D eigenvalue weighted by molar-refractivity contribution is -0.146. The highest BCUT2D eigenvalue weighted by atomic mass is 32.2. The molecule has 1 rings (SSSR count). The van der Waals surface area contributed by atoms with Gasteiger partial charge in [-0.2, -0.15) is 8.42 Å². The lowest BCUT2D eigenvalue weighted by atomic mass is 9.79. The van der Waals surface area contributed by atoms with Crippen LogP contribution in [0.2, 0.25) is 0 Å². The van der Waals surface area contributed by atoms with E-state index in [1.807, 2.05) is 0 Å². The van der Waals surface area contributed by atoms with E-state index >= 15 is 0 Å². The van der Waals surface area contributed by atoms with Crippen LogP contribution < -0.4 is 0 Å². The molecule has 0 radical (unpaired) electrons. The monoisotopic (exact) mass is 278 g/mol. The zero-order chi connectivity index (χ0) is 14.3. The summed E-state index contributed by atoms with van der Waals surface area (Å²) in [5, 5.41) is 19.1. The Morgan fingerprint density at radius 2 is 2.00 bits per heavy atom. The molecule has 0 aromatic heterocycles. The van der Waals surface area contributed by atoms with Gasteiger partial charge >= 0.3 is 5.97 Å². The van der Waals surface area contributed by atoms with Crippen molar-refractivity contribution in [2.45, 2.75) is 19.4 Å². The fourth-order valence-corrected chi connectivity index (χ4v) is 2.58. The molecule has 0 amide bonds. The lowest BCUT2D eigenvalue weighted by Crippen LogP contribution is -2.43. The molecule has 7 nitrogen and oxygen atoms in total. The molecule has 0 aliphatic heterocycles. The molecule has 0 saturated carbocycles. The number of aliphatic carboxylic acids is 1. The van der Waals surface area contributed by atoms with Crippen LogP contribution in [0.25, 0.3) is 0 Å². The maximum Gasteiger partial charge on any atom is 0.313 e. The molecule has 0 aromatic carbocycles. The topological polar surface area (TPSA) is 121 Å². The lowest BCUT2D eigenvalue weighted by Gasteiger charge is -2.34. The van der Waals surface area contributed by atoms with Crippen LogP contribution in [0, 0.1) is 5.92 Å². The number of hydrogen-bond donors (Lipinski definition) is 3. The van der Waals surface area contributed by atoms with Crippen molar-refractivity contribution in [2.75, 3.05) is 7.11 Å². The smallest absolute Gasteiger partial charge is 0.313 e. The Hall–Kier alpha value is -1.38. The number of carboxylic acids is 1. The summed E-state index contributed by atoms with van der Waals surface area (Å²) in [6.45, 7) is 2.57. The first-order chi connectivity index (χ1) is 8.03. The molecule has 0 heterocycles.